The van der Waals surface area contributed by atoms with E-state index in [2.05, 4.69) is 12.6 Å². The minimum atomic E-state index is -1.82. The number of benzene rings is 2. The van der Waals surface area contributed by atoms with E-state index in [1.54, 1.807) is 0 Å². The molecule has 2 amide bonds. The summed E-state index contributed by atoms with van der Waals surface area (Å²) in [5.74, 6) is -1.86. The monoisotopic (exact) mass is 614 g/mol. The van der Waals surface area contributed by atoms with E-state index in [0.717, 1.165) is 6.21 Å². The number of esters is 1. The van der Waals surface area contributed by atoms with Crippen LogP contribution in [0.3, 0.4) is 0 Å². The lowest BCUT2D eigenvalue weighted by Crippen LogP contribution is -2.57. The average molecular weight is 615 g/mol. The fourth-order valence-corrected chi connectivity index (χ4v) is 5.46. The maximum Gasteiger partial charge on any atom is 0.410 e. The van der Waals surface area contributed by atoms with Crippen LogP contribution in [0.1, 0.15) is 24.0 Å². The molecule has 0 radical (unpaired) electrons. The summed E-state index contributed by atoms with van der Waals surface area (Å²) >= 11 is 4.46. The zero-order valence-corrected chi connectivity index (χ0v) is 23.8. The molecular formula is C27H30N6O9S. The molecule has 2 aromatic rings. The summed E-state index contributed by atoms with van der Waals surface area (Å²) in [5.41, 5.74) is 5.34. The fourth-order valence-electron chi connectivity index (χ4n) is 5.08. The topological polar surface area (TPSA) is 212 Å². The molecule has 2 aromatic carbocycles. The largest absolute Gasteiger partial charge is 0.459 e. The first-order chi connectivity index (χ1) is 20.4. The number of carbonyl (C=O) groups is 3. The fraction of sp³-hybridized carbons (Fsp3) is 0.407. The van der Waals surface area contributed by atoms with Gasteiger partial charge in [0.15, 0.2) is 5.54 Å². The van der Waals surface area contributed by atoms with Gasteiger partial charge in [-0.05, 0) is 48.2 Å². The molecule has 2 aliphatic heterocycles. The number of thiol groups is 1. The van der Waals surface area contributed by atoms with Crippen molar-refractivity contribution >= 4 is 48.2 Å². The number of likely N-dealkylation sites (tertiary alicyclic amines) is 2. The van der Waals surface area contributed by atoms with Gasteiger partial charge < -0.3 is 25.5 Å². The molecule has 2 heterocycles. The third kappa shape index (κ3) is 7.09. The van der Waals surface area contributed by atoms with Crippen molar-refractivity contribution in [2.24, 2.45) is 11.7 Å². The van der Waals surface area contributed by atoms with Gasteiger partial charge >= 0.3 is 12.1 Å². The van der Waals surface area contributed by atoms with Crippen LogP contribution in [0.25, 0.3) is 0 Å². The highest BCUT2D eigenvalue weighted by atomic mass is 32.1. The van der Waals surface area contributed by atoms with Crippen molar-refractivity contribution in [2.45, 2.75) is 42.9 Å². The lowest BCUT2D eigenvalue weighted by atomic mass is 9.85. The Morgan fingerprint density at radius 3 is 2.02 bits per heavy atom. The Hall–Kier alpha value is -4.57. The molecule has 0 bridgehead atoms. The number of nitro groups is 2. The summed E-state index contributed by atoms with van der Waals surface area (Å²) < 4.78 is 10.7. The van der Waals surface area contributed by atoms with Crippen LogP contribution < -0.4 is 5.73 Å². The molecular weight excluding hydrogens is 584 g/mol. The number of carbonyl (C=O) groups excluding carboxylic acids is 3. The first-order valence-corrected chi connectivity index (χ1v) is 13.8. The molecule has 0 spiro atoms. The molecule has 1 unspecified atom stereocenters. The molecule has 4 atom stereocenters. The highest BCUT2D eigenvalue weighted by Crippen LogP contribution is 2.31. The second-order valence-electron chi connectivity index (χ2n) is 10.4. The molecule has 2 saturated heterocycles. The maximum atomic E-state index is 13.5. The number of hydrogen-bond acceptors (Lipinski definition) is 12. The minimum Gasteiger partial charge on any atom is -0.459 e. The van der Waals surface area contributed by atoms with Gasteiger partial charge in [0, 0.05) is 61.3 Å². The second-order valence-corrected chi connectivity index (χ2v) is 11.1. The van der Waals surface area contributed by atoms with Crippen molar-refractivity contribution in [1.82, 2.24) is 9.80 Å². The van der Waals surface area contributed by atoms with Gasteiger partial charge in [-0.15, -0.1) is 0 Å². The number of nitrogens with one attached hydrogen (secondary N) is 1. The molecule has 15 nitrogen and oxygen atoms in total. The molecule has 3 N–H and O–H groups in total. The first-order valence-electron chi connectivity index (χ1n) is 13.3. The van der Waals surface area contributed by atoms with Crippen molar-refractivity contribution in [3.05, 3.63) is 79.9 Å². The zero-order chi connectivity index (χ0) is 31.3. The Labute approximate surface area is 251 Å². The number of hydrogen-bond donors (Lipinski definition) is 3. The Morgan fingerprint density at radius 2 is 1.51 bits per heavy atom. The van der Waals surface area contributed by atoms with E-state index in [4.69, 9.17) is 20.6 Å². The van der Waals surface area contributed by atoms with Gasteiger partial charge in [-0.25, -0.2) is 9.59 Å². The Bertz CT molecular complexity index is 1410. The van der Waals surface area contributed by atoms with Crippen LogP contribution in [-0.4, -0.2) is 80.3 Å². The van der Waals surface area contributed by atoms with Crippen LogP contribution in [0.15, 0.2) is 48.5 Å². The van der Waals surface area contributed by atoms with Gasteiger partial charge in [0.05, 0.1) is 9.85 Å². The molecule has 228 valence electrons. The Morgan fingerprint density at radius 1 is 0.977 bits per heavy atom. The number of rotatable bonds is 10. The van der Waals surface area contributed by atoms with Gasteiger partial charge in [-0.3, -0.25) is 29.9 Å². The molecule has 0 aliphatic carbocycles. The van der Waals surface area contributed by atoms with Crippen LogP contribution in [0, 0.1) is 31.6 Å². The number of nitro benzene ring substituents is 2. The number of nitrogens with zero attached hydrogens (tertiary/aromatic N) is 4. The number of amides is 2. The zero-order valence-electron chi connectivity index (χ0n) is 22.9. The standard InChI is InChI=1S/C27H30N6O9S/c28-16-27(29,25(35)41-14-17-1-5-20(6-2-17)32(37)38)19-9-10-30(12-19)24(34)23-11-22(43)13-31(23)26(36)42-15-18-3-7-21(8-4-18)33(39)40/h1-8,16,19,22-23,28,43H,9-15,29H2/t19-,22+,23+,27?/m1/s1. The molecule has 2 aliphatic rings. The number of non-ortho nitro benzene ring substituents is 2. The average Bonchev–Trinajstić information content (AvgIpc) is 3.66. The maximum absolute atomic E-state index is 13.5. The van der Waals surface area contributed by atoms with E-state index >= 15 is 0 Å². The summed E-state index contributed by atoms with van der Waals surface area (Å²) in [6.45, 7) is 0.115. The van der Waals surface area contributed by atoms with Crippen LogP contribution in [0.5, 0.6) is 0 Å². The lowest BCUT2D eigenvalue weighted by molar-refractivity contribution is -0.385. The van der Waals surface area contributed by atoms with Crippen molar-refractivity contribution in [2.75, 3.05) is 19.6 Å². The van der Waals surface area contributed by atoms with Crippen LogP contribution >= 0.6 is 12.6 Å². The molecule has 0 saturated carbocycles. The predicted octanol–water partition coefficient (Wildman–Crippen LogP) is 2.45. The van der Waals surface area contributed by atoms with E-state index in [1.807, 2.05) is 0 Å². The van der Waals surface area contributed by atoms with Crippen molar-refractivity contribution in [3.63, 3.8) is 0 Å². The molecule has 2 fully saturated rings. The van der Waals surface area contributed by atoms with E-state index in [9.17, 15) is 34.6 Å². The second kappa shape index (κ2) is 13.2. The summed E-state index contributed by atoms with van der Waals surface area (Å²) in [5, 5.41) is 29.3. The summed E-state index contributed by atoms with van der Waals surface area (Å²) in [6, 6.07) is 10.2. The van der Waals surface area contributed by atoms with Gasteiger partial charge in [0.25, 0.3) is 11.4 Å². The summed E-state index contributed by atoms with van der Waals surface area (Å²) in [4.78, 5) is 62.8. The number of ether oxygens (including phenoxy) is 2. The Kier molecular flexibility index (Phi) is 9.60. The van der Waals surface area contributed by atoms with Crippen molar-refractivity contribution < 1.29 is 33.7 Å². The highest BCUT2D eigenvalue weighted by Gasteiger charge is 2.48. The van der Waals surface area contributed by atoms with Crippen molar-refractivity contribution in [3.8, 4) is 0 Å². The summed E-state index contributed by atoms with van der Waals surface area (Å²) in [6.07, 6.45) is 0.661. The summed E-state index contributed by atoms with van der Waals surface area (Å²) in [7, 11) is 0. The van der Waals surface area contributed by atoms with Crippen LogP contribution in [-0.2, 0) is 32.3 Å². The third-order valence-electron chi connectivity index (χ3n) is 7.59. The van der Waals surface area contributed by atoms with E-state index in [0.29, 0.717) is 17.5 Å². The van der Waals surface area contributed by atoms with Gasteiger partial charge in [0.2, 0.25) is 5.91 Å². The number of nitrogens with two attached hydrogens (primary N) is 1. The molecule has 4 rings (SSSR count). The molecule has 43 heavy (non-hydrogen) atoms. The molecule has 16 heteroatoms. The third-order valence-corrected chi connectivity index (χ3v) is 7.97. The van der Waals surface area contributed by atoms with Crippen LogP contribution in [0.4, 0.5) is 16.2 Å². The normalized spacial score (nSPS) is 21.1. The molecule has 0 aromatic heterocycles. The van der Waals surface area contributed by atoms with Gasteiger partial charge in [-0.1, -0.05) is 0 Å². The van der Waals surface area contributed by atoms with Gasteiger partial charge in [-0.2, -0.15) is 12.6 Å². The van der Waals surface area contributed by atoms with Crippen LogP contribution in [0.2, 0.25) is 0 Å². The van der Waals surface area contributed by atoms with E-state index in [1.165, 1.54) is 58.3 Å². The van der Waals surface area contributed by atoms with E-state index in [-0.39, 0.29) is 61.8 Å². The van der Waals surface area contributed by atoms with Crippen molar-refractivity contribution in [1.29, 1.82) is 5.41 Å². The highest BCUT2D eigenvalue weighted by molar-refractivity contribution is 7.81. The van der Waals surface area contributed by atoms with E-state index < -0.39 is 39.4 Å². The smallest absolute Gasteiger partial charge is 0.410 e. The minimum absolute atomic E-state index is 0.0523. The Balaban J connectivity index is 1.35. The predicted molar refractivity (Wildman–Crippen MR) is 154 cm³/mol. The van der Waals surface area contributed by atoms with Gasteiger partial charge in [0.1, 0.15) is 19.3 Å². The quantitative estimate of drug-likeness (QED) is 0.117. The lowest BCUT2D eigenvalue weighted by Gasteiger charge is -2.30. The first kappa shape index (κ1) is 31.4. The SMILES string of the molecule is N=CC(N)(C(=O)OCc1ccc([N+](=O)[O-])cc1)[C@@H]1CCN(C(=O)[C@@H]2C[C@H](S)CN2C(=O)OCc2ccc([N+](=O)[O-])cc2)C1.